The average Bonchev–Trinajstić information content (AvgIpc) is 3.64. The van der Waals surface area contributed by atoms with E-state index in [-0.39, 0.29) is 47.7 Å². The van der Waals surface area contributed by atoms with Crippen LogP contribution in [0, 0.1) is 5.92 Å². The standard InChI is InChI=1S/C22H23F3N2O5S.ClH/c23-22(24,25)15-3-5-16(6-4-15)32-17-7-9-18(10-8-17)33(30,31)21(20(28)27-29)11-12-26-19(13-21)14-1-2-14;/h3-10,14,19,26,29H,1-2,11-13H2,(H,27,28);1H. The van der Waals surface area contributed by atoms with Gasteiger partial charge in [-0.1, -0.05) is 0 Å². The number of carbonyl (C=O) groups excluding carboxylic acids is 1. The van der Waals surface area contributed by atoms with Gasteiger partial charge in [0.25, 0.3) is 5.91 Å². The maximum Gasteiger partial charge on any atom is 0.416 e. The summed E-state index contributed by atoms with van der Waals surface area (Å²) in [5, 5.41) is 12.6. The van der Waals surface area contributed by atoms with E-state index in [0.717, 1.165) is 25.0 Å². The van der Waals surface area contributed by atoms with E-state index in [4.69, 9.17) is 4.74 Å². The number of alkyl halides is 3. The van der Waals surface area contributed by atoms with Gasteiger partial charge in [0.15, 0.2) is 14.6 Å². The number of rotatable bonds is 6. The van der Waals surface area contributed by atoms with Crippen molar-refractivity contribution in [3.63, 3.8) is 0 Å². The highest BCUT2D eigenvalue weighted by Crippen LogP contribution is 2.43. The number of carbonyl (C=O) groups is 1. The maximum atomic E-state index is 13.6. The zero-order valence-electron chi connectivity index (χ0n) is 17.8. The van der Waals surface area contributed by atoms with Crippen LogP contribution < -0.4 is 15.5 Å². The van der Waals surface area contributed by atoms with Gasteiger partial charge in [0.2, 0.25) is 0 Å². The molecule has 2 aromatic carbocycles. The number of nitrogens with one attached hydrogen (secondary N) is 2. The molecule has 1 heterocycles. The van der Waals surface area contributed by atoms with Crippen molar-refractivity contribution in [1.82, 2.24) is 10.8 Å². The van der Waals surface area contributed by atoms with Crippen molar-refractivity contribution in [3.05, 3.63) is 54.1 Å². The fourth-order valence-corrected chi connectivity index (χ4v) is 6.26. The van der Waals surface area contributed by atoms with Crippen LogP contribution in [0.15, 0.2) is 53.4 Å². The molecule has 34 heavy (non-hydrogen) atoms. The molecular weight excluding hydrogens is 497 g/mol. The van der Waals surface area contributed by atoms with E-state index in [9.17, 15) is 31.6 Å². The first-order valence-corrected chi connectivity index (χ1v) is 11.9. The number of halogens is 4. The molecular formula is C22H24ClF3N2O5S. The second-order valence-electron chi connectivity index (χ2n) is 8.39. The van der Waals surface area contributed by atoms with Crippen LogP contribution in [-0.2, 0) is 20.8 Å². The Labute approximate surface area is 201 Å². The van der Waals surface area contributed by atoms with Gasteiger partial charge >= 0.3 is 6.18 Å². The van der Waals surface area contributed by atoms with Crippen LogP contribution in [0.3, 0.4) is 0 Å². The second kappa shape index (κ2) is 9.73. The topological polar surface area (TPSA) is 105 Å². The highest BCUT2D eigenvalue weighted by molar-refractivity contribution is 7.93. The summed E-state index contributed by atoms with van der Waals surface area (Å²) in [4.78, 5) is 12.5. The lowest BCUT2D eigenvalue weighted by atomic mass is 9.88. The predicted molar refractivity (Wildman–Crippen MR) is 119 cm³/mol. The van der Waals surface area contributed by atoms with Gasteiger partial charge in [-0.25, -0.2) is 13.9 Å². The summed E-state index contributed by atoms with van der Waals surface area (Å²) >= 11 is 0. The average molecular weight is 521 g/mol. The number of hydrogen-bond acceptors (Lipinski definition) is 6. The lowest BCUT2D eigenvalue weighted by Crippen LogP contribution is -2.60. The number of amides is 1. The van der Waals surface area contributed by atoms with Crippen LogP contribution in [0.5, 0.6) is 11.5 Å². The van der Waals surface area contributed by atoms with Gasteiger partial charge in [0, 0.05) is 6.04 Å². The summed E-state index contributed by atoms with van der Waals surface area (Å²) in [5.74, 6) is -0.276. The Hall–Kier alpha value is -2.34. The number of ether oxygens (including phenoxy) is 1. The molecule has 186 valence electrons. The molecule has 2 aromatic rings. The molecule has 1 aliphatic carbocycles. The van der Waals surface area contributed by atoms with Crippen molar-refractivity contribution < 1.29 is 36.3 Å². The summed E-state index contributed by atoms with van der Waals surface area (Å²) in [6.45, 7) is 0.322. The van der Waals surface area contributed by atoms with Gasteiger partial charge in [-0.2, -0.15) is 13.2 Å². The molecule has 2 aliphatic rings. The van der Waals surface area contributed by atoms with Crippen molar-refractivity contribution in [2.45, 2.75) is 47.5 Å². The monoisotopic (exact) mass is 520 g/mol. The minimum Gasteiger partial charge on any atom is -0.457 e. The Morgan fingerprint density at radius 3 is 2.12 bits per heavy atom. The first-order valence-electron chi connectivity index (χ1n) is 10.4. The fraction of sp³-hybridized carbons (Fsp3) is 0.409. The highest BCUT2D eigenvalue weighted by Gasteiger charge is 2.55. The summed E-state index contributed by atoms with van der Waals surface area (Å²) in [5.41, 5.74) is 0.730. The van der Waals surface area contributed by atoms with Crippen molar-refractivity contribution in [3.8, 4) is 11.5 Å². The van der Waals surface area contributed by atoms with Crippen LogP contribution >= 0.6 is 12.4 Å². The van der Waals surface area contributed by atoms with E-state index in [1.807, 2.05) is 0 Å². The van der Waals surface area contributed by atoms with Gasteiger partial charge in [-0.15, -0.1) is 12.4 Å². The third-order valence-corrected chi connectivity index (χ3v) is 8.73. The molecule has 2 atom stereocenters. The van der Waals surface area contributed by atoms with Gasteiger partial charge < -0.3 is 10.1 Å². The maximum absolute atomic E-state index is 13.6. The molecule has 3 N–H and O–H groups in total. The second-order valence-corrected chi connectivity index (χ2v) is 10.6. The smallest absolute Gasteiger partial charge is 0.416 e. The first-order chi connectivity index (χ1) is 15.6. The molecule has 0 bridgehead atoms. The van der Waals surface area contributed by atoms with E-state index >= 15 is 0 Å². The van der Waals surface area contributed by atoms with Crippen molar-refractivity contribution in [2.24, 2.45) is 5.92 Å². The first kappa shape index (κ1) is 26.3. The van der Waals surface area contributed by atoms with Gasteiger partial charge in [0.1, 0.15) is 11.5 Å². The van der Waals surface area contributed by atoms with E-state index < -0.39 is 32.2 Å². The largest absolute Gasteiger partial charge is 0.457 e. The minimum absolute atomic E-state index is 0. The lowest BCUT2D eigenvalue weighted by Gasteiger charge is -2.39. The summed E-state index contributed by atoms with van der Waals surface area (Å²) in [6, 6.07) is 9.29. The molecule has 4 rings (SSSR count). The quantitative estimate of drug-likeness (QED) is 0.391. The number of piperidine rings is 1. The summed E-state index contributed by atoms with van der Waals surface area (Å²) in [7, 11) is -4.18. The number of hydrogen-bond donors (Lipinski definition) is 3. The number of hydroxylamine groups is 1. The van der Waals surface area contributed by atoms with Crippen LogP contribution in [0.2, 0.25) is 0 Å². The molecule has 0 aromatic heterocycles. The molecule has 1 saturated carbocycles. The van der Waals surface area contributed by atoms with Crippen LogP contribution in [0.25, 0.3) is 0 Å². The highest BCUT2D eigenvalue weighted by atomic mass is 35.5. The fourth-order valence-electron chi connectivity index (χ4n) is 4.26. The minimum atomic E-state index is -4.46. The normalized spacial score (nSPS) is 23.0. The molecule has 1 saturated heterocycles. The van der Waals surface area contributed by atoms with Gasteiger partial charge in [-0.3, -0.25) is 10.0 Å². The van der Waals surface area contributed by atoms with E-state index in [2.05, 4.69) is 5.32 Å². The Morgan fingerprint density at radius 2 is 1.62 bits per heavy atom. The number of benzene rings is 2. The molecule has 1 aliphatic heterocycles. The number of sulfone groups is 1. The SMILES string of the molecule is Cl.O=C(NO)C1(S(=O)(=O)c2ccc(Oc3ccc(C(F)(F)F)cc3)cc2)CCNC(C2CC2)C1. The zero-order chi connectivity index (χ0) is 23.9. The Bertz CT molecular complexity index is 1120. The molecule has 0 spiro atoms. The summed E-state index contributed by atoms with van der Waals surface area (Å²) < 4.78 is 68.9. The molecule has 0 radical (unpaired) electrons. The molecule has 12 heteroatoms. The van der Waals surface area contributed by atoms with E-state index in [0.29, 0.717) is 12.5 Å². The Balaban J connectivity index is 0.00000324. The third-order valence-electron chi connectivity index (χ3n) is 6.26. The third kappa shape index (κ3) is 5.02. The van der Waals surface area contributed by atoms with Crippen molar-refractivity contribution in [1.29, 1.82) is 0 Å². The van der Waals surface area contributed by atoms with Crippen molar-refractivity contribution in [2.75, 3.05) is 6.54 Å². The van der Waals surface area contributed by atoms with E-state index in [1.54, 1.807) is 0 Å². The molecule has 2 unspecified atom stereocenters. The summed E-state index contributed by atoms with van der Waals surface area (Å²) in [6.07, 6.45) is -2.47. The van der Waals surface area contributed by atoms with Crippen molar-refractivity contribution >= 4 is 28.2 Å². The molecule has 2 fully saturated rings. The molecule has 7 nitrogen and oxygen atoms in total. The Kier molecular flexibility index (Phi) is 7.51. The lowest BCUT2D eigenvalue weighted by molar-refractivity contribution is -0.137. The Morgan fingerprint density at radius 1 is 1.06 bits per heavy atom. The predicted octanol–water partition coefficient (Wildman–Crippen LogP) is 4.10. The van der Waals surface area contributed by atoms with E-state index in [1.165, 1.54) is 41.9 Å². The van der Waals surface area contributed by atoms with Crippen LogP contribution in [-0.4, -0.2) is 36.9 Å². The van der Waals surface area contributed by atoms with Crippen LogP contribution in [0.1, 0.15) is 31.2 Å². The van der Waals surface area contributed by atoms with Gasteiger partial charge in [0.05, 0.1) is 10.5 Å². The molecule has 1 amide bonds. The van der Waals surface area contributed by atoms with Crippen LogP contribution in [0.4, 0.5) is 13.2 Å². The zero-order valence-corrected chi connectivity index (χ0v) is 19.5. The van der Waals surface area contributed by atoms with Gasteiger partial charge in [-0.05, 0) is 86.7 Å².